The second-order valence-corrected chi connectivity index (χ2v) is 9.01. The van der Waals surface area contributed by atoms with Gasteiger partial charge in [-0.1, -0.05) is 84.5 Å². The van der Waals surface area contributed by atoms with Crippen LogP contribution in [0.5, 0.6) is 0 Å². The number of likely N-dealkylation sites (tertiary alicyclic amines) is 1. The molecule has 0 spiro atoms. The Kier molecular flexibility index (Phi) is 17.8. The van der Waals surface area contributed by atoms with Crippen LogP contribution in [0.25, 0.3) is 0 Å². The van der Waals surface area contributed by atoms with E-state index in [1.54, 1.807) is 0 Å². The summed E-state index contributed by atoms with van der Waals surface area (Å²) in [5.74, 6) is 0.951. The van der Waals surface area contributed by atoms with Crippen molar-refractivity contribution in [2.75, 3.05) is 26.2 Å². The molecule has 164 valence electrons. The first-order chi connectivity index (χ1) is 12.9. The lowest BCUT2D eigenvalue weighted by Gasteiger charge is -2.14. The van der Waals surface area contributed by atoms with Gasteiger partial charge in [-0.2, -0.15) is 8.42 Å². The van der Waals surface area contributed by atoms with Gasteiger partial charge in [0.1, 0.15) is 0 Å². The van der Waals surface area contributed by atoms with Crippen LogP contribution in [0.1, 0.15) is 104 Å². The summed E-state index contributed by atoms with van der Waals surface area (Å²) >= 11 is 0. The van der Waals surface area contributed by atoms with Crippen LogP contribution in [0.3, 0.4) is 0 Å². The Balaban J connectivity index is 0.000000821. The summed E-state index contributed by atoms with van der Waals surface area (Å²) in [7, 11) is -4.17. The molecule has 0 aromatic carbocycles. The van der Waals surface area contributed by atoms with E-state index in [1.807, 2.05) is 0 Å². The number of nitrogens with zero attached hydrogens (tertiary/aromatic N) is 1. The molecule has 6 heteroatoms. The molecule has 0 amide bonds. The van der Waals surface area contributed by atoms with E-state index in [2.05, 4.69) is 22.9 Å². The zero-order valence-electron chi connectivity index (χ0n) is 18.1. The van der Waals surface area contributed by atoms with Crippen LogP contribution < -0.4 is 0 Å². The first-order valence-electron chi connectivity index (χ1n) is 11.2. The fourth-order valence-corrected chi connectivity index (χ4v) is 3.85. The highest BCUT2D eigenvalue weighted by molar-refractivity contribution is 7.80. The molecule has 0 aliphatic carbocycles. The summed E-state index contributed by atoms with van der Waals surface area (Å²) in [6.07, 6.45) is 18.9. The van der Waals surface area contributed by atoms with Gasteiger partial charge in [-0.25, -0.2) is 4.18 Å². The van der Waals surface area contributed by atoms with Crippen LogP contribution in [0.4, 0.5) is 0 Å². The first-order valence-corrected chi connectivity index (χ1v) is 12.6. The normalized spacial score (nSPS) is 17.7. The summed E-state index contributed by atoms with van der Waals surface area (Å²) in [6, 6.07) is 0. The van der Waals surface area contributed by atoms with Crippen LogP contribution in [-0.2, 0) is 14.6 Å². The van der Waals surface area contributed by atoms with Gasteiger partial charge in [-0.3, -0.25) is 4.55 Å². The summed E-state index contributed by atoms with van der Waals surface area (Å²) < 4.78 is 30.7. The lowest BCUT2D eigenvalue weighted by molar-refractivity contribution is 0.283. The summed E-state index contributed by atoms with van der Waals surface area (Å²) in [5.41, 5.74) is 0. The van der Waals surface area contributed by atoms with Crippen molar-refractivity contribution in [3.63, 3.8) is 0 Å². The zero-order chi connectivity index (χ0) is 20.4. The molecule has 1 aliphatic rings. The predicted molar refractivity (Wildman–Crippen MR) is 114 cm³/mol. The fourth-order valence-electron chi connectivity index (χ4n) is 3.55. The maximum absolute atomic E-state index is 9.56. The van der Waals surface area contributed by atoms with Gasteiger partial charge >= 0.3 is 10.4 Å². The maximum Gasteiger partial charge on any atom is 0.397 e. The second kappa shape index (κ2) is 17.9. The molecule has 1 atom stereocenters. The second-order valence-electron chi connectivity index (χ2n) is 7.92. The third-order valence-electron chi connectivity index (χ3n) is 5.10. The standard InChI is InChI=1S/C19H39N.C2H6O4S/c1-3-4-5-6-7-8-9-10-11-12-13-14-16-20-17-15-19(2)18-20;1-2-6-7(3,4)5/h19H,3-18H2,1-2H3;2H2,1H3,(H,3,4,5). The SMILES string of the molecule is CCCCCCCCCCCCCCN1CCC(C)C1.CCOS(=O)(=O)O. The Morgan fingerprint density at radius 1 is 0.889 bits per heavy atom. The number of hydrogen-bond acceptors (Lipinski definition) is 4. The highest BCUT2D eigenvalue weighted by Gasteiger charge is 2.17. The predicted octanol–water partition coefficient (Wildman–Crippen LogP) is 5.86. The topological polar surface area (TPSA) is 66.8 Å². The van der Waals surface area contributed by atoms with Crippen molar-refractivity contribution in [1.82, 2.24) is 4.90 Å². The average Bonchev–Trinajstić information content (AvgIpc) is 3.01. The molecule has 1 unspecified atom stereocenters. The highest BCUT2D eigenvalue weighted by Crippen LogP contribution is 2.16. The number of hydrogen-bond donors (Lipinski definition) is 1. The summed E-state index contributed by atoms with van der Waals surface area (Å²) in [6.45, 7) is 10.2. The van der Waals surface area contributed by atoms with Gasteiger partial charge in [-0.05, 0) is 38.8 Å². The zero-order valence-corrected chi connectivity index (χ0v) is 18.9. The lowest BCUT2D eigenvalue weighted by atomic mass is 10.1. The number of unbranched alkanes of at least 4 members (excludes halogenated alkanes) is 11. The number of rotatable bonds is 15. The van der Waals surface area contributed by atoms with Crippen molar-refractivity contribution >= 4 is 10.4 Å². The molecule has 1 aliphatic heterocycles. The molecule has 0 aromatic heterocycles. The quantitative estimate of drug-likeness (QED) is 0.272. The third-order valence-corrected chi connectivity index (χ3v) is 5.64. The van der Waals surface area contributed by atoms with E-state index in [4.69, 9.17) is 4.55 Å². The summed E-state index contributed by atoms with van der Waals surface area (Å²) in [4.78, 5) is 2.67. The molecule has 1 fully saturated rings. The minimum atomic E-state index is -4.17. The smallest absolute Gasteiger partial charge is 0.303 e. The maximum atomic E-state index is 9.56. The van der Waals surface area contributed by atoms with Crippen LogP contribution >= 0.6 is 0 Å². The fraction of sp³-hybridized carbons (Fsp3) is 1.00. The first kappa shape index (κ1) is 26.8. The van der Waals surface area contributed by atoms with Crippen LogP contribution in [0, 0.1) is 5.92 Å². The molecule has 1 saturated heterocycles. The Morgan fingerprint density at radius 3 is 1.70 bits per heavy atom. The van der Waals surface area contributed by atoms with E-state index in [0.717, 1.165) is 5.92 Å². The average molecular weight is 408 g/mol. The van der Waals surface area contributed by atoms with E-state index in [9.17, 15) is 8.42 Å². The molecular formula is C21H45NO4S. The molecule has 0 radical (unpaired) electrons. The molecule has 1 rings (SSSR count). The third kappa shape index (κ3) is 20.4. The molecule has 0 saturated carbocycles. The molecule has 1 N–H and O–H groups in total. The van der Waals surface area contributed by atoms with E-state index in [0.29, 0.717) is 0 Å². The van der Waals surface area contributed by atoms with E-state index in [-0.39, 0.29) is 6.61 Å². The van der Waals surface area contributed by atoms with Gasteiger partial charge in [-0.15, -0.1) is 0 Å². The highest BCUT2D eigenvalue weighted by atomic mass is 32.3. The van der Waals surface area contributed by atoms with E-state index >= 15 is 0 Å². The van der Waals surface area contributed by atoms with Crippen molar-refractivity contribution in [1.29, 1.82) is 0 Å². The molecule has 27 heavy (non-hydrogen) atoms. The monoisotopic (exact) mass is 407 g/mol. The Morgan fingerprint density at radius 2 is 1.37 bits per heavy atom. The van der Waals surface area contributed by atoms with Crippen LogP contribution in [0.15, 0.2) is 0 Å². The van der Waals surface area contributed by atoms with Crippen LogP contribution in [-0.4, -0.2) is 44.1 Å². The Labute approximate surface area is 169 Å². The molecule has 1 heterocycles. The molecular weight excluding hydrogens is 362 g/mol. The van der Waals surface area contributed by atoms with Crippen LogP contribution in [0.2, 0.25) is 0 Å². The molecule has 0 bridgehead atoms. The summed E-state index contributed by atoms with van der Waals surface area (Å²) in [5, 5.41) is 0. The molecule has 0 aromatic rings. The van der Waals surface area contributed by atoms with Crippen molar-refractivity contribution in [3.05, 3.63) is 0 Å². The van der Waals surface area contributed by atoms with Gasteiger partial charge in [0.05, 0.1) is 6.61 Å². The van der Waals surface area contributed by atoms with Crippen molar-refractivity contribution in [3.8, 4) is 0 Å². The van der Waals surface area contributed by atoms with Gasteiger partial charge in [0.15, 0.2) is 0 Å². The van der Waals surface area contributed by atoms with Gasteiger partial charge in [0.25, 0.3) is 0 Å². The largest absolute Gasteiger partial charge is 0.397 e. The van der Waals surface area contributed by atoms with Crippen molar-refractivity contribution in [2.45, 2.75) is 104 Å². The van der Waals surface area contributed by atoms with E-state index in [1.165, 1.54) is 110 Å². The minimum absolute atomic E-state index is 0.0289. The molecule has 5 nitrogen and oxygen atoms in total. The van der Waals surface area contributed by atoms with Crippen molar-refractivity contribution in [2.24, 2.45) is 5.92 Å². The Bertz CT molecular complexity index is 414. The minimum Gasteiger partial charge on any atom is -0.303 e. The van der Waals surface area contributed by atoms with Gasteiger partial charge < -0.3 is 4.90 Å². The van der Waals surface area contributed by atoms with Gasteiger partial charge in [0, 0.05) is 6.54 Å². The van der Waals surface area contributed by atoms with E-state index < -0.39 is 10.4 Å². The van der Waals surface area contributed by atoms with Crippen molar-refractivity contribution < 1.29 is 17.2 Å². The lowest BCUT2D eigenvalue weighted by Crippen LogP contribution is -2.21. The van der Waals surface area contributed by atoms with Gasteiger partial charge in [0.2, 0.25) is 0 Å². The Hall–Kier alpha value is -0.170.